The van der Waals surface area contributed by atoms with Gasteiger partial charge in [-0.15, -0.1) is 0 Å². The molecule has 14 heavy (non-hydrogen) atoms. The van der Waals surface area contributed by atoms with Crippen molar-refractivity contribution < 1.29 is 4.74 Å². The minimum Gasteiger partial charge on any atom is -0.370 e. The molecule has 0 saturated carbocycles. The lowest BCUT2D eigenvalue weighted by Gasteiger charge is -2.08. The standard InChI is InChI=1S/C10H15N3O/c1-8(13-10(11)12)14-7-9-5-3-2-4-6-9/h2-6,8H,7H2,1H3,(H4,11,12,13). The Balaban J connectivity index is 2.38. The van der Waals surface area contributed by atoms with Crippen molar-refractivity contribution in [2.24, 2.45) is 16.5 Å². The van der Waals surface area contributed by atoms with E-state index in [0.717, 1.165) is 5.56 Å². The van der Waals surface area contributed by atoms with Gasteiger partial charge in [0.15, 0.2) is 5.96 Å². The maximum Gasteiger partial charge on any atom is 0.188 e. The molecule has 0 radical (unpaired) electrons. The summed E-state index contributed by atoms with van der Waals surface area (Å²) in [5.74, 6) is 0.0468. The van der Waals surface area contributed by atoms with Gasteiger partial charge in [0.2, 0.25) is 0 Å². The first kappa shape index (κ1) is 10.5. The number of guanidine groups is 1. The van der Waals surface area contributed by atoms with Gasteiger partial charge < -0.3 is 16.2 Å². The Morgan fingerprint density at radius 1 is 1.36 bits per heavy atom. The van der Waals surface area contributed by atoms with E-state index in [-0.39, 0.29) is 12.2 Å². The zero-order valence-electron chi connectivity index (χ0n) is 8.18. The molecule has 0 aliphatic rings. The molecule has 1 unspecified atom stereocenters. The molecule has 76 valence electrons. The summed E-state index contributed by atoms with van der Waals surface area (Å²) in [6.45, 7) is 2.31. The van der Waals surface area contributed by atoms with E-state index in [1.165, 1.54) is 0 Å². The third kappa shape index (κ3) is 3.91. The van der Waals surface area contributed by atoms with Crippen molar-refractivity contribution in [1.29, 1.82) is 0 Å². The van der Waals surface area contributed by atoms with E-state index < -0.39 is 0 Å². The van der Waals surface area contributed by atoms with Crippen LogP contribution in [0.1, 0.15) is 12.5 Å². The molecule has 0 saturated heterocycles. The predicted octanol–water partition coefficient (Wildman–Crippen LogP) is 0.823. The van der Waals surface area contributed by atoms with Crippen molar-refractivity contribution in [2.75, 3.05) is 0 Å². The first-order valence-electron chi connectivity index (χ1n) is 4.43. The fraction of sp³-hybridized carbons (Fsp3) is 0.300. The summed E-state index contributed by atoms with van der Waals surface area (Å²) in [7, 11) is 0. The van der Waals surface area contributed by atoms with Crippen LogP contribution >= 0.6 is 0 Å². The number of hydrogen-bond donors (Lipinski definition) is 2. The van der Waals surface area contributed by atoms with Crippen LogP contribution in [-0.4, -0.2) is 12.2 Å². The Morgan fingerprint density at radius 3 is 2.57 bits per heavy atom. The number of benzene rings is 1. The molecule has 0 bridgehead atoms. The van der Waals surface area contributed by atoms with Gasteiger partial charge in [0.25, 0.3) is 0 Å². The topological polar surface area (TPSA) is 73.6 Å². The number of nitrogens with zero attached hydrogens (tertiary/aromatic N) is 1. The number of nitrogens with two attached hydrogens (primary N) is 2. The van der Waals surface area contributed by atoms with Crippen molar-refractivity contribution in [3.05, 3.63) is 35.9 Å². The first-order chi connectivity index (χ1) is 6.68. The van der Waals surface area contributed by atoms with E-state index in [2.05, 4.69) is 4.99 Å². The highest BCUT2D eigenvalue weighted by molar-refractivity contribution is 5.75. The molecule has 4 heteroatoms. The van der Waals surface area contributed by atoms with Crippen LogP contribution in [0.4, 0.5) is 0 Å². The Bertz CT molecular complexity index is 293. The Morgan fingerprint density at radius 2 is 2.00 bits per heavy atom. The number of aliphatic imine (C=N–C) groups is 1. The maximum absolute atomic E-state index is 5.39. The molecule has 1 atom stereocenters. The number of hydrogen-bond acceptors (Lipinski definition) is 2. The molecule has 0 fully saturated rings. The predicted molar refractivity (Wildman–Crippen MR) is 56.5 cm³/mol. The van der Waals surface area contributed by atoms with Crippen LogP contribution in [-0.2, 0) is 11.3 Å². The summed E-state index contributed by atoms with van der Waals surface area (Å²) in [5.41, 5.74) is 11.5. The molecule has 0 spiro atoms. The van der Waals surface area contributed by atoms with Gasteiger partial charge >= 0.3 is 0 Å². The summed E-state index contributed by atoms with van der Waals surface area (Å²) in [6, 6.07) is 9.86. The van der Waals surface area contributed by atoms with Gasteiger partial charge in [-0.3, -0.25) is 0 Å². The molecular weight excluding hydrogens is 178 g/mol. The molecule has 4 nitrogen and oxygen atoms in total. The molecule has 0 aromatic heterocycles. The van der Waals surface area contributed by atoms with Crippen LogP contribution in [0, 0.1) is 0 Å². The summed E-state index contributed by atoms with van der Waals surface area (Å²) in [4.78, 5) is 3.84. The van der Waals surface area contributed by atoms with Crippen molar-refractivity contribution in [2.45, 2.75) is 19.8 Å². The third-order valence-corrected chi connectivity index (χ3v) is 1.66. The Kier molecular flexibility index (Phi) is 3.94. The average Bonchev–Trinajstić information content (AvgIpc) is 2.15. The smallest absolute Gasteiger partial charge is 0.188 e. The minimum atomic E-state index is -0.305. The molecule has 0 aliphatic carbocycles. The summed E-state index contributed by atoms with van der Waals surface area (Å²) in [6.07, 6.45) is -0.305. The summed E-state index contributed by atoms with van der Waals surface area (Å²) < 4.78 is 5.39. The van der Waals surface area contributed by atoms with Gasteiger partial charge in [-0.05, 0) is 12.5 Å². The van der Waals surface area contributed by atoms with E-state index >= 15 is 0 Å². The fourth-order valence-electron chi connectivity index (χ4n) is 1.04. The SMILES string of the molecule is CC(N=C(N)N)OCc1ccccc1. The van der Waals surface area contributed by atoms with Crippen LogP contribution in [0.3, 0.4) is 0 Å². The van der Waals surface area contributed by atoms with Crippen molar-refractivity contribution in [1.82, 2.24) is 0 Å². The third-order valence-electron chi connectivity index (χ3n) is 1.66. The molecule has 0 aliphatic heterocycles. The maximum atomic E-state index is 5.39. The Hall–Kier alpha value is -1.55. The van der Waals surface area contributed by atoms with Gasteiger partial charge in [0.1, 0.15) is 6.23 Å². The minimum absolute atomic E-state index is 0.0468. The van der Waals surface area contributed by atoms with E-state index in [9.17, 15) is 0 Å². The second-order valence-corrected chi connectivity index (χ2v) is 2.95. The van der Waals surface area contributed by atoms with E-state index in [0.29, 0.717) is 6.61 Å². The van der Waals surface area contributed by atoms with Crippen LogP contribution in [0.15, 0.2) is 35.3 Å². The van der Waals surface area contributed by atoms with Gasteiger partial charge in [-0.1, -0.05) is 30.3 Å². The second-order valence-electron chi connectivity index (χ2n) is 2.95. The van der Waals surface area contributed by atoms with Crippen LogP contribution in [0.5, 0.6) is 0 Å². The molecule has 1 aromatic carbocycles. The number of rotatable bonds is 4. The number of ether oxygens (including phenoxy) is 1. The lowest BCUT2D eigenvalue weighted by atomic mass is 10.2. The molecule has 1 aromatic rings. The quantitative estimate of drug-likeness (QED) is 0.549. The van der Waals surface area contributed by atoms with Crippen LogP contribution in [0.25, 0.3) is 0 Å². The Labute approximate surface area is 83.6 Å². The fourth-order valence-corrected chi connectivity index (χ4v) is 1.04. The zero-order chi connectivity index (χ0) is 10.4. The van der Waals surface area contributed by atoms with E-state index in [1.54, 1.807) is 6.92 Å². The largest absolute Gasteiger partial charge is 0.370 e. The molecule has 0 heterocycles. The lowest BCUT2D eigenvalue weighted by Crippen LogP contribution is -2.25. The van der Waals surface area contributed by atoms with Gasteiger partial charge in [0.05, 0.1) is 6.61 Å². The van der Waals surface area contributed by atoms with Crippen molar-refractivity contribution in [3.63, 3.8) is 0 Å². The monoisotopic (exact) mass is 193 g/mol. The molecule has 1 rings (SSSR count). The normalized spacial score (nSPS) is 12.1. The highest BCUT2D eigenvalue weighted by Crippen LogP contribution is 2.03. The summed E-state index contributed by atoms with van der Waals surface area (Å²) in [5, 5.41) is 0. The van der Waals surface area contributed by atoms with Crippen LogP contribution in [0.2, 0.25) is 0 Å². The molecular formula is C10H15N3O. The first-order valence-corrected chi connectivity index (χ1v) is 4.43. The van der Waals surface area contributed by atoms with Crippen molar-refractivity contribution in [3.8, 4) is 0 Å². The lowest BCUT2D eigenvalue weighted by molar-refractivity contribution is 0.0592. The van der Waals surface area contributed by atoms with Crippen LogP contribution < -0.4 is 11.5 Å². The van der Waals surface area contributed by atoms with Gasteiger partial charge in [-0.2, -0.15) is 0 Å². The van der Waals surface area contributed by atoms with Crippen molar-refractivity contribution >= 4 is 5.96 Å². The zero-order valence-corrected chi connectivity index (χ0v) is 8.18. The molecule has 4 N–H and O–H groups in total. The highest BCUT2D eigenvalue weighted by atomic mass is 16.5. The summed E-state index contributed by atoms with van der Waals surface area (Å²) >= 11 is 0. The second kappa shape index (κ2) is 5.24. The van der Waals surface area contributed by atoms with Gasteiger partial charge in [0, 0.05) is 0 Å². The average molecular weight is 193 g/mol. The van der Waals surface area contributed by atoms with E-state index in [1.807, 2.05) is 30.3 Å². The van der Waals surface area contributed by atoms with Gasteiger partial charge in [-0.25, -0.2) is 4.99 Å². The highest BCUT2D eigenvalue weighted by Gasteiger charge is 1.99. The van der Waals surface area contributed by atoms with E-state index in [4.69, 9.17) is 16.2 Å². The molecule has 0 amide bonds.